The van der Waals surface area contributed by atoms with Gasteiger partial charge in [0.25, 0.3) is 0 Å². The largest absolute Gasteiger partial charge is 0.466 e. The summed E-state index contributed by atoms with van der Waals surface area (Å²) in [6.45, 7) is 11.4. The van der Waals surface area contributed by atoms with Crippen molar-refractivity contribution in [1.29, 1.82) is 0 Å². The maximum atomic E-state index is 11.6. The number of hydrogen-bond acceptors (Lipinski definition) is 3. The average Bonchev–Trinajstić information content (AvgIpc) is 2.17. The molecule has 1 atom stereocenters. The van der Waals surface area contributed by atoms with E-state index in [0.29, 0.717) is 6.61 Å². The Kier molecular flexibility index (Phi) is 4.34. The van der Waals surface area contributed by atoms with Crippen molar-refractivity contribution in [2.75, 3.05) is 19.7 Å². The zero-order chi connectivity index (χ0) is 11.5. The maximum absolute atomic E-state index is 11.6. The van der Waals surface area contributed by atoms with Crippen molar-refractivity contribution < 1.29 is 9.53 Å². The van der Waals surface area contributed by atoms with Crippen molar-refractivity contribution in [2.45, 2.75) is 39.4 Å². The monoisotopic (exact) mass is 229 g/mol. The van der Waals surface area contributed by atoms with Crippen LogP contribution in [0, 0.1) is 5.92 Å². The molecule has 0 aromatic heterocycles. The normalized spacial score (nSPS) is 23.9. The summed E-state index contributed by atoms with van der Waals surface area (Å²) in [5.74, 6) is 0.117. The third-order valence-corrected chi connectivity index (χ3v) is 5.29. The molecule has 4 heteroatoms. The molecule has 0 bridgehead atoms. The van der Waals surface area contributed by atoms with E-state index >= 15 is 0 Å². The number of esters is 1. The van der Waals surface area contributed by atoms with E-state index in [1.807, 2.05) is 6.92 Å². The van der Waals surface area contributed by atoms with Crippen LogP contribution in [-0.2, 0) is 9.53 Å². The Morgan fingerprint density at radius 1 is 1.47 bits per heavy atom. The molecule has 1 heterocycles. The molecule has 0 aliphatic carbocycles. The van der Waals surface area contributed by atoms with Crippen LogP contribution in [0.25, 0.3) is 0 Å². The topological polar surface area (TPSA) is 29.5 Å². The zero-order valence-electron chi connectivity index (χ0n) is 10.4. The first-order valence-electron chi connectivity index (χ1n) is 5.87. The summed E-state index contributed by atoms with van der Waals surface area (Å²) in [6.07, 6.45) is 2.13. The van der Waals surface area contributed by atoms with Crippen molar-refractivity contribution >= 4 is 14.2 Å². The molecule has 0 spiro atoms. The number of ether oxygens (including phenoxy) is 1. The lowest BCUT2D eigenvalue weighted by Crippen LogP contribution is -2.52. The summed E-state index contributed by atoms with van der Waals surface area (Å²) in [7, 11) is -1.24. The highest BCUT2D eigenvalue weighted by molar-refractivity contribution is 6.73. The lowest BCUT2D eigenvalue weighted by molar-refractivity contribution is -0.149. The van der Waals surface area contributed by atoms with E-state index in [1.165, 1.54) is 0 Å². The van der Waals surface area contributed by atoms with Gasteiger partial charge in [-0.2, -0.15) is 0 Å². The van der Waals surface area contributed by atoms with E-state index in [0.717, 1.165) is 25.9 Å². The van der Waals surface area contributed by atoms with Crippen molar-refractivity contribution in [2.24, 2.45) is 5.92 Å². The molecular weight excluding hydrogens is 206 g/mol. The number of rotatable bonds is 3. The molecule has 1 fully saturated rings. The lowest BCUT2D eigenvalue weighted by Gasteiger charge is -2.39. The van der Waals surface area contributed by atoms with Gasteiger partial charge in [-0.25, -0.2) is 0 Å². The fraction of sp³-hybridized carbons (Fsp3) is 0.909. The molecule has 0 N–H and O–H groups in total. The molecule has 0 amide bonds. The molecule has 1 rings (SSSR count). The Morgan fingerprint density at radius 2 is 2.13 bits per heavy atom. The number of carbonyl (C=O) groups excluding carboxylic acids is 1. The van der Waals surface area contributed by atoms with E-state index in [-0.39, 0.29) is 11.9 Å². The van der Waals surface area contributed by atoms with Crippen LogP contribution in [0.4, 0.5) is 0 Å². The van der Waals surface area contributed by atoms with Crippen LogP contribution in [0.3, 0.4) is 0 Å². The van der Waals surface area contributed by atoms with Gasteiger partial charge in [0.1, 0.15) is 8.24 Å². The van der Waals surface area contributed by atoms with E-state index in [4.69, 9.17) is 4.74 Å². The van der Waals surface area contributed by atoms with E-state index < -0.39 is 8.24 Å². The van der Waals surface area contributed by atoms with Crippen LogP contribution in [0.15, 0.2) is 0 Å². The third kappa shape index (κ3) is 3.61. The highest BCUT2D eigenvalue weighted by Gasteiger charge is 2.32. The average molecular weight is 229 g/mol. The lowest BCUT2D eigenvalue weighted by atomic mass is 10.00. The van der Waals surface area contributed by atoms with E-state index in [2.05, 4.69) is 24.2 Å². The van der Waals surface area contributed by atoms with Gasteiger partial charge in [-0.1, -0.05) is 19.6 Å². The van der Waals surface area contributed by atoms with Gasteiger partial charge in [0.2, 0.25) is 0 Å². The molecule has 1 aliphatic heterocycles. The van der Waals surface area contributed by atoms with E-state index in [1.54, 1.807) is 0 Å². The minimum atomic E-state index is -1.24. The maximum Gasteiger partial charge on any atom is 0.310 e. The Morgan fingerprint density at radius 3 is 2.67 bits per heavy atom. The first-order chi connectivity index (χ1) is 6.95. The Hall–Kier alpha value is -0.353. The fourth-order valence-electron chi connectivity index (χ4n) is 2.04. The van der Waals surface area contributed by atoms with Crippen molar-refractivity contribution in [3.05, 3.63) is 0 Å². The van der Waals surface area contributed by atoms with Crippen LogP contribution in [-0.4, -0.2) is 38.5 Å². The van der Waals surface area contributed by atoms with Crippen LogP contribution in [0.1, 0.15) is 19.8 Å². The number of hydrogen-bond donors (Lipinski definition) is 0. The fourth-order valence-corrected chi connectivity index (χ4v) is 3.64. The summed E-state index contributed by atoms with van der Waals surface area (Å²) in [4.78, 5) is 11.6. The molecule has 1 aliphatic rings. The smallest absolute Gasteiger partial charge is 0.310 e. The molecule has 0 saturated carbocycles. The highest BCUT2D eigenvalue weighted by atomic mass is 28.3. The minimum Gasteiger partial charge on any atom is -0.466 e. The van der Waals surface area contributed by atoms with Crippen LogP contribution < -0.4 is 0 Å². The minimum absolute atomic E-state index is 0.000417. The van der Waals surface area contributed by atoms with Gasteiger partial charge in [-0.15, -0.1) is 0 Å². The molecule has 1 saturated heterocycles. The molecule has 0 radical (unpaired) electrons. The van der Waals surface area contributed by atoms with Gasteiger partial charge in [0.05, 0.1) is 12.5 Å². The molecule has 88 valence electrons. The number of carbonyl (C=O) groups is 1. The van der Waals surface area contributed by atoms with Gasteiger partial charge in [0.15, 0.2) is 0 Å². The standard InChI is InChI=1S/C11H23NO2Si/c1-5-14-11(13)10-7-6-8-12(9-10)15(2,3)4/h10H,5-9H2,1-4H3. The summed E-state index contributed by atoms with van der Waals surface area (Å²) in [6, 6.07) is 0. The Balaban J connectivity index is 2.52. The van der Waals surface area contributed by atoms with Gasteiger partial charge >= 0.3 is 5.97 Å². The molecule has 15 heavy (non-hydrogen) atoms. The first-order valence-corrected chi connectivity index (χ1v) is 9.31. The number of nitrogens with zero attached hydrogens (tertiary/aromatic N) is 1. The summed E-state index contributed by atoms with van der Waals surface area (Å²) < 4.78 is 7.60. The molecule has 0 aromatic rings. The van der Waals surface area contributed by atoms with Crippen molar-refractivity contribution in [1.82, 2.24) is 4.57 Å². The van der Waals surface area contributed by atoms with Gasteiger partial charge in [0, 0.05) is 6.54 Å². The number of piperidine rings is 1. The van der Waals surface area contributed by atoms with Gasteiger partial charge in [-0.3, -0.25) is 4.79 Å². The molecule has 1 unspecified atom stereocenters. The molecule has 0 aromatic carbocycles. The van der Waals surface area contributed by atoms with Crippen molar-refractivity contribution in [3.8, 4) is 0 Å². The van der Waals surface area contributed by atoms with Crippen LogP contribution in [0.5, 0.6) is 0 Å². The first kappa shape index (κ1) is 12.7. The van der Waals surface area contributed by atoms with Crippen molar-refractivity contribution in [3.63, 3.8) is 0 Å². The Bertz CT molecular complexity index is 225. The van der Waals surface area contributed by atoms with Gasteiger partial charge < -0.3 is 9.30 Å². The molecule has 3 nitrogen and oxygen atoms in total. The Labute approximate surface area is 93.9 Å². The summed E-state index contributed by atoms with van der Waals surface area (Å²) in [5.41, 5.74) is 0. The second-order valence-electron chi connectivity index (χ2n) is 5.21. The van der Waals surface area contributed by atoms with Crippen LogP contribution >= 0.6 is 0 Å². The quantitative estimate of drug-likeness (QED) is 0.548. The third-order valence-electron chi connectivity index (χ3n) is 2.99. The zero-order valence-corrected chi connectivity index (χ0v) is 11.4. The van der Waals surface area contributed by atoms with Crippen LogP contribution in [0.2, 0.25) is 19.6 Å². The predicted molar refractivity (Wildman–Crippen MR) is 64.3 cm³/mol. The highest BCUT2D eigenvalue weighted by Crippen LogP contribution is 2.22. The summed E-state index contributed by atoms with van der Waals surface area (Å²) in [5, 5.41) is 0. The predicted octanol–water partition coefficient (Wildman–Crippen LogP) is 2.10. The van der Waals surface area contributed by atoms with Gasteiger partial charge in [-0.05, 0) is 26.3 Å². The SMILES string of the molecule is CCOC(=O)C1CCCN([Si](C)(C)C)C1. The molecular formula is C11H23NO2Si. The second kappa shape index (κ2) is 5.12. The second-order valence-corrected chi connectivity index (χ2v) is 10.2. The van der Waals surface area contributed by atoms with E-state index in [9.17, 15) is 4.79 Å². The summed E-state index contributed by atoms with van der Waals surface area (Å²) >= 11 is 0.